The van der Waals surface area contributed by atoms with Gasteiger partial charge in [0.15, 0.2) is 10.9 Å². The number of carbonyl (C=O) groups excluding carboxylic acids is 1. The third-order valence-electron chi connectivity index (χ3n) is 4.29. The first-order valence-corrected chi connectivity index (χ1v) is 11.8. The Hall–Kier alpha value is -3.05. The normalized spacial score (nSPS) is 15.2. The number of aromatic nitrogens is 1. The van der Waals surface area contributed by atoms with E-state index >= 15 is 0 Å². The van der Waals surface area contributed by atoms with Gasteiger partial charge >= 0.3 is 5.97 Å². The highest BCUT2D eigenvalue weighted by molar-refractivity contribution is 7.89. The van der Waals surface area contributed by atoms with E-state index in [1.54, 1.807) is 24.3 Å². The molecule has 0 unspecified atom stereocenters. The number of halogens is 1. The molecule has 0 spiro atoms. The van der Waals surface area contributed by atoms with E-state index in [1.807, 2.05) is 18.2 Å². The van der Waals surface area contributed by atoms with Gasteiger partial charge in [-0.15, -0.1) is 0 Å². The number of aliphatic imine (C=N–C) groups is 1. The fourth-order valence-electron chi connectivity index (χ4n) is 2.67. The van der Waals surface area contributed by atoms with Crippen molar-refractivity contribution in [3.63, 3.8) is 0 Å². The Balaban J connectivity index is 1.62. The van der Waals surface area contributed by atoms with E-state index in [1.165, 1.54) is 32.3 Å². The van der Waals surface area contributed by atoms with Gasteiger partial charge in [-0.1, -0.05) is 47.2 Å². The molecular weight excluding hydrogens is 474 g/mol. The van der Waals surface area contributed by atoms with E-state index in [2.05, 4.69) is 9.98 Å². The van der Waals surface area contributed by atoms with Gasteiger partial charge in [0.1, 0.15) is 5.75 Å². The Morgan fingerprint density at radius 2 is 1.88 bits per heavy atom. The molecule has 0 fully saturated rings. The monoisotopic (exact) mass is 489 g/mol. The van der Waals surface area contributed by atoms with Crippen molar-refractivity contribution < 1.29 is 22.7 Å². The van der Waals surface area contributed by atoms with Crippen LogP contribution in [0.4, 0.5) is 0 Å². The number of ether oxygens (including phenoxy) is 2. The summed E-state index contributed by atoms with van der Waals surface area (Å²) in [7, 11) is -0.778. The van der Waals surface area contributed by atoms with Crippen molar-refractivity contribution in [1.82, 2.24) is 9.29 Å². The Labute approximate surface area is 193 Å². The second-order valence-electron chi connectivity index (χ2n) is 6.70. The Morgan fingerprint density at radius 3 is 2.59 bits per heavy atom. The number of hydrogen-bond donors (Lipinski definition) is 0. The second-order valence-corrected chi connectivity index (χ2v) is 10.2. The molecule has 2 aromatic carbocycles. The second kappa shape index (κ2) is 8.83. The van der Waals surface area contributed by atoms with Crippen LogP contribution in [-0.4, -0.2) is 43.7 Å². The quantitative estimate of drug-likeness (QED) is 0.380. The lowest BCUT2D eigenvalue weighted by Crippen LogP contribution is -2.22. The maximum atomic E-state index is 12.4. The van der Waals surface area contributed by atoms with Crippen LogP contribution in [0, 0.1) is 0 Å². The van der Waals surface area contributed by atoms with Crippen LogP contribution in [0.3, 0.4) is 0 Å². The number of nitrogens with zero attached hydrogens (tertiary/aromatic N) is 3. The van der Waals surface area contributed by atoms with Crippen molar-refractivity contribution >= 4 is 50.9 Å². The summed E-state index contributed by atoms with van der Waals surface area (Å²) in [6, 6.07) is 15.1. The van der Waals surface area contributed by atoms with Crippen molar-refractivity contribution in [3.05, 3.63) is 75.9 Å². The molecule has 0 N–H and O–H groups in total. The lowest BCUT2D eigenvalue weighted by atomic mass is 10.2. The topological polar surface area (TPSA) is 98.2 Å². The molecule has 0 aliphatic carbocycles. The molecule has 1 aromatic heterocycles. The van der Waals surface area contributed by atoms with E-state index in [0.717, 1.165) is 15.6 Å². The lowest BCUT2D eigenvalue weighted by molar-refractivity contribution is -0.129. The van der Waals surface area contributed by atoms with Crippen LogP contribution in [0.25, 0.3) is 6.08 Å². The number of esters is 1. The first kappa shape index (κ1) is 22.2. The molecular formula is C21H16ClN3O5S2. The SMILES string of the molecule is CN(C)S(=O)(=O)c1cccc(C2=N/C(=C\c3sc(Oc4ccccc4)nc3Cl)C(=O)O2)c1. The minimum Gasteiger partial charge on any atom is -0.431 e. The van der Waals surface area contributed by atoms with Gasteiger partial charge in [0.2, 0.25) is 15.9 Å². The molecule has 0 saturated heterocycles. The molecule has 0 radical (unpaired) electrons. The standard InChI is InChI=1S/C21H16ClN3O5S2/c1-25(2)32(27,28)15-10-6-7-13(11-15)19-23-16(20(26)30-19)12-17-18(22)24-21(31-17)29-14-8-4-3-5-9-14/h3-12H,1-2H3/b16-12-. The van der Waals surface area contributed by atoms with Gasteiger partial charge in [0.05, 0.1) is 9.77 Å². The van der Waals surface area contributed by atoms with Gasteiger partial charge in [0.25, 0.3) is 5.19 Å². The third-order valence-corrected chi connectivity index (χ3v) is 7.38. The Morgan fingerprint density at radius 1 is 1.12 bits per heavy atom. The lowest BCUT2D eigenvalue weighted by Gasteiger charge is -2.11. The summed E-state index contributed by atoms with van der Waals surface area (Å²) < 4.78 is 36.8. The number of sulfonamides is 1. The van der Waals surface area contributed by atoms with Crippen LogP contribution in [0.5, 0.6) is 10.9 Å². The zero-order valence-corrected chi connectivity index (χ0v) is 19.2. The molecule has 0 amide bonds. The number of para-hydroxylation sites is 1. The van der Waals surface area contributed by atoms with Crippen molar-refractivity contribution in [3.8, 4) is 10.9 Å². The van der Waals surface area contributed by atoms with Crippen LogP contribution in [0.15, 0.2) is 70.2 Å². The van der Waals surface area contributed by atoms with Crippen LogP contribution in [0.2, 0.25) is 5.15 Å². The van der Waals surface area contributed by atoms with Crippen LogP contribution in [-0.2, 0) is 19.6 Å². The maximum Gasteiger partial charge on any atom is 0.363 e. The zero-order chi connectivity index (χ0) is 22.9. The maximum absolute atomic E-state index is 12.4. The van der Waals surface area contributed by atoms with Crippen molar-refractivity contribution in [2.45, 2.75) is 4.90 Å². The van der Waals surface area contributed by atoms with Gasteiger partial charge in [-0.2, -0.15) is 4.98 Å². The number of cyclic esters (lactones) is 1. The number of carbonyl (C=O) groups is 1. The molecule has 0 atom stereocenters. The van der Waals surface area contributed by atoms with Crippen LogP contribution < -0.4 is 4.74 Å². The average Bonchev–Trinajstić information content (AvgIpc) is 3.31. The summed E-state index contributed by atoms with van der Waals surface area (Å²) in [5, 5.41) is 0.467. The molecule has 2 heterocycles. The largest absolute Gasteiger partial charge is 0.431 e. The van der Waals surface area contributed by atoms with Gasteiger partial charge in [-0.3, -0.25) is 0 Å². The highest BCUT2D eigenvalue weighted by Gasteiger charge is 2.27. The summed E-state index contributed by atoms with van der Waals surface area (Å²) >= 11 is 7.34. The number of thiazole rings is 1. The molecule has 4 rings (SSSR count). The minimum absolute atomic E-state index is 0.00143. The molecule has 1 aliphatic heterocycles. The van der Waals surface area contributed by atoms with Gasteiger partial charge in [-0.25, -0.2) is 22.5 Å². The molecule has 11 heteroatoms. The zero-order valence-electron chi connectivity index (χ0n) is 16.9. The smallest absolute Gasteiger partial charge is 0.363 e. The number of benzene rings is 2. The van der Waals surface area contributed by atoms with Crippen molar-refractivity contribution in [1.29, 1.82) is 0 Å². The summed E-state index contributed by atoms with van der Waals surface area (Å²) in [6.07, 6.45) is 1.45. The molecule has 164 valence electrons. The highest BCUT2D eigenvalue weighted by atomic mass is 35.5. The molecule has 8 nitrogen and oxygen atoms in total. The summed E-state index contributed by atoms with van der Waals surface area (Å²) in [6.45, 7) is 0. The van der Waals surface area contributed by atoms with E-state index < -0.39 is 16.0 Å². The van der Waals surface area contributed by atoms with E-state index in [-0.39, 0.29) is 21.6 Å². The first-order chi connectivity index (χ1) is 15.2. The van der Waals surface area contributed by atoms with Crippen LogP contribution in [0.1, 0.15) is 10.4 Å². The molecule has 1 aliphatic rings. The molecule has 3 aromatic rings. The van der Waals surface area contributed by atoms with E-state index in [0.29, 0.717) is 21.4 Å². The molecule has 0 saturated carbocycles. The van der Waals surface area contributed by atoms with E-state index in [4.69, 9.17) is 21.1 Å². The van der Waals surface area contributed by atoms with Crippen molar-refractivity contribution in [2.24, 2.45) is 4.99 Å². The molecule has 32 heavy (non-hydrogen) atoms. The summed E-state index contributed by atoms with van der Waals surface area (Å²) in [4.78, 5) is 21.2. The molecule has 0 bridgehead atoms. The average molecular weight is 490 g/mol. The highest BCUT2D eigenvalue weighted by Crippen LogP contribution is 2.34. The fourth-order valence-corrected chi connectivity index (χ4v) is 4.68. The van der Waals surface area contributed by atoms with Crippen LogP contribution >= 0.6 is 22.9 Å². The first-order valence-electron chi connectivity index (χ1n) is 9.19. The Kier molecular flexibility index (Phi) is 6.11. The number of rotatable bonds is 6. The van der Waals surface area contributed by atoms with Gasteiger partial charge < -0.3 is 9.47 Å². The van der Waals surface area contributed by atoms with Crippen molar-refractivity contribution in [2.75, 3.05) is 14.1 Å². The van der Waals surface area contributed by atoms with Gasteiger partial charge in [-0.05, 0) is 36.4 Å². The Bertz CT molecular complexity index is 1350. The minimum atomic E-state index is -3.65. The number of hydrogen-bond acceptors (Lipinski definition) is 8. The third kappa shape index (κ3) is 4.58. The fraction of sp³-hybridized carbons (Fsp3) is 0.0952. The summed E-state index contributed by atoms with van der Waals surface area (Å²) in [5.41, 5.74) is 0.367. The van der Waals surface area contributed by atoms with E-state index in [9.17, 15) is 13.2 Å². The van der Waals surface area contributed by atoms with Gasteiger partial charge in [0, 0.05) is 19.7 Å². The predicted molar refractivity (Wildman–Crippen MR) is 122 cm³/mol. The summed E-state index contributed by atoms with van der Waals surface area (Å²) in [5.74, 6) is -0.0837. The predicted octanol–water partition coefficient (Wildman–Crippen LogP) is 4.18.